The number of aliphatic carboxylic acids is 2. The zero-order valence-corrected chi connectivity index (χ0v) is 37.6. The summed E-state index contributed by atoms with van der Waals surface area (Å²) in [7, 11) is 0. The van der Waals surface area contributed by atoms with Crippen molar-refractivity contribution in [2.75, 3.05) is 26.3 Å². The molecule has 4 aromatic rings. The van der Waals surface area contributed by atoms with Crippen LogP contribution < -0.4 is 29.6 Å². The van der Waals surface area contributed by atoms with E-state index in [0.717, 1.165) is 33.4 Å². The van der Waals surface area contributed by atoms with Gasteiger partial charge < -0.3 is 50.0 Å². The zero-order valence-electron chi connectivity index (χ0n) is 34.5. The van der Waals surface area contributed by atoms with Gasteiger partial charge in [-0.1, -0.05) is 36.4 Å². The summed E-state index contributed by atoms with van der Waals surface area (Å²) < 4.78 is 25.5. The largest absolute Gasteiger partial charge is 0.481 e. The maximum Gasteiger partial charge on any atom is 0.306 e. The third-order valence-corrected chi connectivity index (χ3v) is 10.6. The number of pyridine rings is 2. The summed E-state index contributed by atoms with van der Waals surface area (Å²) in [6.07, 6.45) is -1.26. The molecule has 0 aliphatic heterocycles. The number of carboxylic acid groups (broad SMARTS) is 2. The van der Waals surface area contributed by atoms with Crippen molar-refractivity contribution in [1.29, 1.82) is 10.5 Å². The van der Waals surface area contributed by atoms with E-state index in [2.05, 4.69) is 64.6 Å². The number of ether oxygens (including phenoxy) is 4. The molecular weight excluding hydrogens is 932 g/mol. The van der Waals surface area contributed by atoms with Crippen LogP contribution in [-0.2, 0) is 35.9 Å². The van der Waals surface area contributed by atoms with E-state index in [9.17, 15) is 19.8 Å². The Labute approximate surface area is 377 Å². The van der Waals surface area contributed by atoms with E-state index in [-0.39, 0.29) is 65.4 Å². The number of halogens is 2. The van der Waals surface area contributed by atoms with E-state index in [0.29, 0.717) is 69.3 Å². The first-order chi connectivity index (χ1) is 29.8. The predicted molar refractivity (Wildman–Crippen MR) is 235 cm³/mol. The monoisotopic (exact) mass is 980 g/mol. The van der Waals surface area contributed by atoms with Gasteiger partial charge in [0.1, 0.15) is 13.2 Å². The number of hydrogen-bond donors (Lipinski definition) is 6. The Morgan fingerprint density at radius 3 is 1.44 bits per heavy atom. The molecule has 2 aromatic heterocycles. The van der Waals surface area contributed by atoms with E-state index in [4.69, 9.17) is 39.7 Å². The van der Waals surface area contributed by atoms with Crippen LogP contribution in [0.15, 0.2) is 57.5 Å². The van der Waals surface area contributed by atoms with Crippen LogP contribution in [0.25, 0.3) is 11.1 Å². The van der Waals surface area contributed by atoms with Gasteiger partial charge in [-0.05, 0) is 104 Å². The highest BCUT2D eigenvalue weighted by molar-refractivity contribution is 9.10. The Hall–Kier alpha value is -5.34. The quantitative estimate of drug-likeness (QED) is 0.0342. The molecule has 330 valence electrons. The molecule has 0 amide bonds. The molecular formula is C44H50Br2N6O10. The normalized spacial score (nSPS) is 11.9. The molecule has 16 nitrogen and oxygen atoms in total. The van der Waals surface area contributed by atoms with Crippen LogP contribution >= 0.6 is 31.9 Å². The SMILES string of the molecule is Cc1c(COc2nc(OCCCC#N)c(CNC[C@@H](O)CC(=O)O)cc2Br)cccc1-c1cccc(COc2nc(OCCCC#N)c(CNC[C@@H](O)CC(=O)O)cc2Br)c1C. The molecule has 18 heteroatoms. The molecule has 62 heavy (non-hydrogen) atoms. The van der Waals surface area contributed by atoms with Crippen molar-refractivity contribution in [3.8, 4) is 46.8 Å². The maximum absolute atomic E-state index is 10.9. The molecule has 0 saturated carbocycles. The van der Waals surface area contributed by atoms with Crippen LogP contribution in [0.5, 0.6) is 23.5 Å². The highest BCUT2D eigenvalue weighted by Crippen LogP contribution is 2.35. The number of aliphatic hydroxyl groups is 2. The molecule has 4 rings (SSSR count). The van der Waals surface area contributed by atoms with Crippen molar-refractivity contribution < 1.29 is 49.0 Å². The van der Waals surface area contributed by atoms with Crippen LogP contribution in [0.2, 0.25) is 0 Å². The summed E-state index contributed by atoms with van der Waals surface area (Å²) in [5, 5.41) is 61.9. The van der Waals surface area contributed by atoms with E-state index in [1.807, 2.05) is 50.2 Å². The molecule has 2 aromatic carbocycles. The minimum absolute atomic E-state index is 0.0539. The van der Waals surface area contributed by atoms with Gasteiger partial charge in [-0.15, -0.1) is 0 Å². The average Bonchev–Trinajstić information content (AvgIpc) is 3.22. The number of hydrogen-bond acceptors (Lipinski definition) is 14. The molecule has 6 N–H and O–H groups in total. The molecule has 2 heterocycles. The number of nitriles is 2. The van der Waals surface area contributed by atoms with Gasteiger partial charge in [-0.25, -0.2) is 0 Å². The second-order valence-corrected chi connectivity index (χ2v) is 15.9. The number of benzene rings is 2. The van der Waals surface area contributed by atoms with Gasteiger partial charge >= 0.3 is 11.9 Å². The number of nitrogens with zero attached hydrogens (tertiary/aromatic N) is 4. The summed E-state index contributed by atoms with van der Waals surface area (Å²) in [4.78, 5) is 31.2. The summed E-state index contributed by atoms with van der Waals surface area (Å²) in [5.74, 6) is -1.01. The molecule has 0 aliphatic rings. The van der Waals surface area contributed by atoms with E-state index in [1.165, 1.54) is 0 Å². The second kappa shape index (κ2) is 25.6. The van der Waals surface area contributed by atoms with Crippen LogP contribution in [0.1, 0.15) is 71.9 Å². The third kappa shape index (κ3) is 15.5. The topological polar surface area (TPSA) is 249 Å². The molecule has 0 radical (unpaired) electrons. The van der Waals surface area contributed by atoms with Gasteiger partial charge in [0.25, 0.3) is 0 Å². The summed E-state index contributed by atoms with van der Waals surface area (Å²) in [6, 6.07) is 19.8. The van der Waals surface area contributed by atoms with Gasteiger partial charge in [0.15, 0.2) is 0 Å². The van der Waals surface area contributed by atoms with Crippen molar-refractivity contribution in [1.82, 2.24) is 20.6 Å². The summed E-state index contributed by atoms with van der Waals surface area (Å²) in [6.45, 7) is 5.53. The number of nitrogens with one attached hydrogen (secondary N) is 2. The van der Waals surface area contributed by atoms with Crippen molar-refractivity contribution in [3.63, 3.8) is 0 Å². The van der Waals surface area contributed by atoms with Crippen LogP contribution in [0.3, 0.4) is 0 Å². The molecule has 0 fully saturated rings. The molecule has 2 atom stereocenters. The van der Waals surface area contributed by atoms with Gasteiger partial charge in [-0.3, -0.25) is 9.59 Å². The van der Waals surface area contributed by atoms with E-state index >= 15 is 0 Å². The molecule has 0 aliphatic carbocycles. The van der Waals surface area contributed by atoms with Crippen LogP contribution in [0.4, 0.5) is 0 Å². The lowest BCUT2D eigenvalue weighted by molar-refractivity contribution is -0.140. The highest BCUT2D eigenvalue weighted by Gasteiger charge is 2.19. The zero-order chi connectivity index (χ0) is 45.0. The Kier molecular flexibility index (Phi) is 20.3. The van der Waals surface area contributed by atoms with E-state index < -0.39 is 24.1 Å². The van der Waals surface area contributed by atoms with E-state index in [1.54, 1.807) is 12.1 Å². The number of carbonyl (C=O) groups is 2. The molecule has 0 unspecified atom stereocenters. The second-order valence-electron chi connectivity index (χ2n) is 14.2. The Morgan fingerprint density at radius 1 is 0.661 bits per heavy atom. The standard InChI is InChI=1S/C44H50Br2N6O10/c1-27-29(25-61-43-37(45)17-31(21-49-23-33(53)19-39(55)56)41(51-43)59-15-5-3-13-47)9-7-11-35(27)36-12-8-10-30(28(36)2)26-62-44-38(46)18-32(22-50-24-34(54)20-40(57)58)42(52-44)60-16-6-4-14-48/h7-12,17-18,33-34,49-50,53-54H,3-6,15-16,19-26H2,1-2H3,(H,55,56)(H,57,58)/t33-,34-/m0/s1. The summed E-state index contributed by atoms with van der Waals surface area (Å²) >= 11 is 7.13. The number of unbranched alkanes of at least 4 members (excludes halogenated alkanes) is 2. The number of aromatic nitrogens is 2. The first kappa shape index (κ1) is 49.3. The van der Waals surface area contributed by atoms with Crippen molar-refractivity contribution >= 4 is 43.8 Å². The minimum Gasteiger partial charge on any atom is -0.481 e. The lowest BCUT2D eigenvalue weighted by atomic mass is 9.92. The minimum atomic E-state index is -1.10. The fourth-order valence-electron chi connectivity index (χ4n) is 6.18. The Bertz CT molecular complexity index is 2080. The lowest BCUT2D eigenvalue weighted by Gasteiger charge is -2.18. The van der Waals surface area contributed by atoms with Gasteiger partial charge in [0.05, 0.1) is 59.3 Å². The summed E-state index contributed by atoms with van der Waals surface area (Å²) in [5.41, 5.74) is 7.17. The lowest BCUT2D eigenvalue weighted by Crippen LogP contribution is -2.28. The fraction of sp³-hybridized carbons (Fsp3) is 0.409. The Balaban J connectivity index is 1.49. The fourth-order valence-corrected chi connectivity index (χ4v) is 7.14. The predicted octanol–water partition coefficient (Wildman–Crippen LogP) is 6.66. The van der Waals surface area contributed by atoms with Gasteiger partial charge in [-0.2, -0.15) is 20.5 Å². The molecule has 0 bridgehead atoms. The van der Waals surface area contributed by atoms with Crippen LogP contribution in [0, 0.1) is 36.5 Å². The Morgan fingerprint density at radius 2 is 1.06 bits per heavy atom. The maximum atomic E-state index is 10.9. The number of aliphatic hydroxyl groups excluding tert-OH is 2. The van der Waals surface area contributed by atoms with Crippen molar-refractivity contribution in [2.45, 2.75) is 90.9 Å². The molecule has 0 spiro atoms. The third-order valence-electron chi connectivity index (χ3n) is 9.43. The highest BCUT2D eigenvalue weighted by atomic mass is 79.9. The van der Waals surface area contributed by atoms with Gasteiger partial charge in [0, 0.05) is 50.1 Å². The van der Waals surface area contributed by atoms with Crippen LogP contribution in [-0.4, -0.2) is 80.8 Å². The average molecular weight is 983 g/mol. The van der Waals surface area contributed by atoms with Crippen molar-refractivity contribution in [2.24, 2.45) is 0 Å². The first-order valence-corrected chi connectivity index (χ1v) is 21.4. The number of carboxylic acids is 2. The smallest absolute Gasteiger partial charge is 0.306 e. The van der Waals surface area contributed by atoms with Crippen molar-refractivity contribution in [3.05, 3.63) is 90.9 Å². The molecule has 0 saturated heterocycles. The first-order valence-electron chi connectivity index (χ1n) is 19.8. The van der Waals surface area contributed by atoms with Gasteiger partial charge in [0.2, 0.25) is 23.5 Å². The number of rotatable bonds is 27.